The summed E-state index contributed by atoms with van der Waals surface area (Å²) in [5.74, 6) is 2.19. The zero-order valence-electron chi connectivity index (χ0n) is 17.9. The first-order valence-electron chi connectivity index (χ1n) is 11.8. The molecular weight excluding hydrogens is 413 g/mol. The summed E-state index contributed by atoms with van der Waals surface area (Å²) < 4.78 is 20.1. The van der Waals surface area contributed by atoms with E-state index in [2.05, 4.69) is 4.90 Å². The van der Waals surface area contributed by atoms with Gasteiger partial charge in [-0.25, -0.2) is 9.37 Å². The number of anilines is 1. The third kappa shape index (κ3) is 3.68. The van der Waals surface area contributed by atoms with Crippen LogP contribution in [-0.4, -0.2) is 55.2 Å². The van der Waals surface area contributed by atoms with E-state index in [0.29, 0.717) is 6.54 Å². The van der Waals surface area contributed by atoms with E-state index in [-0.39, 0.29) is 17.1 Å². The summed E-state index contributed by atoms with van der Waals surface area (Å²) in [5.41, 5.74) is 0.569. The molecule has 7 rings (SSSR count). The van der Waals surface area contributed by atoms with Crippen molar-refractivity contribution in [2.45, 2.75) is 38.5 Å². The van der Waals surface area contributed by atoms with Crippen LogP contribution in [0, 0.1) is 29.0 Å². The SMILES string of the molecule is O=C(N(CCN1CCOCC1)c1nc2ccc(F)cc2s1)C12CC3CC(CC(C3)C1)C2. The van der Waals surface area contributed by atoms with E-state index >= 15 is 0 Å². The van der Waals surface area contributed by atoms with Gasteiger partial charge in [-0.2, -0.15) is 0 Å². The number of benzene rings is 1. The third-order valence-electron chi connectivity index (χ3n) is 8.05. The molecule has 7 heteroatoms. The van der Waals surface area contributed by atoms with E-state index in [1.165, 1.54) is 42.7 Å². The van der Waals surface area contributed by atoms with Crippen molar-refractivity contribution in [3.8, 4) is 0 Å². The topological polar surface area (TPSA) is 45.7 Å². The van der Waals surface area contributed by atoms with Crippen LogP contribution in [0.1, 0.15) is 38.5 Å². The first-order valence-corrected chi connectivity index (χ1v) is 12.6. The van der Waals surface area contributed by atoms with Gasteiger partial charge in [0.25, 0.3) is 0 Å². The van der Waals surface area contributed by atoms with Crippen LogP contribution in [0.3, 0.4) is 0 Å². The zero-order valence-corrected chi connectivity index (χ0v) is 18.7. The van der Waals surface area contributed by atoms with Crippen LogP contribution in [0.2, 0.25) is 0 Å². The predicted molar refractivity (Wildman–Crippen MR) is 120 cm³/mol. The van der Waals surface area contributed by atoms with Crippen LogP contribution in [-0.2, 0) is 9.53 Å². The van der Waals surface area contributed by atoms with Crippen LogP contribution >= 0.6 is 11.3 Å². The number of halogens is 1. The van der Waals surface area contributed by atoms with Crippen LogP contribution < -0.4 is 4.90 Å². The molecule has 4 aliphatic carbocycles. The van der Waals surface area contributed by atoms with Crippen molar-refractivity contribution in [2.75, 3.05) is 44.3 Å². The van der Waals surface area contributed by atoms with Crippen LogP contribution in [0.25, 0.3) is 10.2 Å². The van der Waals surface area contributed by atoms with Crippen molar-refractivity contribution >= 4 is 32.6 Å². The number of thiazole rings is 1. The Morgan fingerprint density at radius 2 is 1.84 bits per heavy atom. The third-order valence-corrected chi connectivity index (χ3v) is 9.09. The zero-order chi connectivity index (χ0) is 21.0. The number of nitrogens with zero attached hydrogens (tertiary/aromatic N) is 3. The summed E-state index contributed by atoms with van der Waals surface area (Å²) in [6, 6.07) is 4.71. The molecule has 0 radical (unpaired) electrons. The molecule has 2 aromatic rings. The quantitative estimate of drug-likeness (QED) is 0.691. The van der Waals surface area contributed by atoms with E-state index in [1.54, 1.807) is 6.07 Å². The number of carbonyl (C=O) groups excluding carboxylic acids is 1. The number of morpholine rings is 1. The molecule has 4 saturated carbocycles. The van der Waals surface area contributed by atoms with Gasteiger partial charge in [-0.3, -0.25) is 14.6 Å². The number of rotatable bonds is 5. The summed E-state index contributed by atoms with van der Waals surface area (Å²) in [6.45, 7) is 4.79. The molecule has 1 aromatic heterocycles. The van der Waals surface area contributed by atoms with Gasteiger partial charge in [0.1, 0.15) is 5.82 Å². The lowest BCUT2D eigenvalue weighted by molar-refractivity contribution is -0.143. The maximum atomic E-state index is 14.2. The Bertz CT molecular complexity index is 951. The monoisotopic (exact) mass is 443 g/mol. The van der Waals surface area contributed by atoms with Crippen LogP contribution in [0.15, 0.2) is 18.2 Å². The Hall–Kier alpha value is -1.57. The van der Waals surface area contributed by atoms with Gasteiger partial charge in [0.2, 0.25) is 5.91 Å². The van der Waals surface area contributed by atoms with E-state index in [1.807, 2.05) is 4.90 Å². The van der Waals surface area contributed by atoms with Crippen molar-refractivity contribution in [3.05, 3.63) is 24.0 Å². The van der Waals surface area contributed by atoms with Crippen LogP contribution in [0.4, 0.5) is 9.52 Å². The molecule has 4 bridgehead atoms. The molecular formula is C24H30FN3O2S. The van der Waals surface area contributed by atoms with Crippen molar-refractivity contribution in [1.29, 1.82) is 0 Å². The standard InChI is InChI=1S/C24H30FN3O2S/c25-19-1-2-20-21(12-19)31-23(26-20)28(4-3-27-5-7-30-8-6-27)22(29)24-13-16-9-17(14-24)11-18(10-16)15-24/h1-2,12,16-18H,3-11,13-15H2. The van der Waals surface area contributed by atoms with Crippen LogP contribution in [0.5, 0.6) is 0 Å². The lowest BCUT2D eigenvalue weighted by atomic mass is 9.49. The second-order valence-corrected chi connectivity index (χ2v) is 11.2. The first kappa shape index (κ1) is 20.1. The van der Waals surface area contributed by atoms with Gasteiger partial charge < -0.3 is 4.74 Å². The van der Waals surface area contributed by atoms with Gasteiger partial charge >= 0.3 is 0 Å². The predicted octanol–water partition coefficient (Wildman–Crippen LogP) is 4.32. The Kier molecular flexibility index (Phi) is 5.04. The fourth-order valence-corrected chi connectivity index (χ4v) is 8.03. The number of hydrogen-bond acceptors (Lipinski definition) is 5. The minimum Gasteiger partial charge on any atom is -0.379 e. The number of carbonyl (C=O) groups is 1. The highest BCUT2D eigenvalue weighted by Crippen LogP contribution is 2.60. The van der Waals surface area contributed by atoms with Gasteiger partial charge in [-0.05, 0) is 74.5 Å². The number of amides is 1. The van der Waals surface area contributed by atoms with Gasteiger partial charge in [-0.15, -0.1) is 0 Å². The van der Waals surface area contributed by atoms with E-state index in [4.69, 9.17) is 9.72 Å². The Labute approximate surface area is 186 Å². The van der Waals surface area contributed by atoms with Gasteiger partial charge in [-0.1, -0.05) is 11.3 Å². The Balaban J connectivity index is 1.31. The Morgan fingerprint density at radius 1 is 1.16 bits per heavy atom. The first-order chi connectivity index (χ1) is 15.1. The minimum absolute atomic E-state index is 0.205. The van der Waals surface area contributed by atoms with E-state index < -0.39 is 0 Å². The largest absolute Gasteiger partial charge is 0.379 e. The maximum Gasteiger partial charge on any atom is 0.235 e. The molecule has 5 nitrogen and oxygen atoms in total. The summed E-state index contributed by atoms with van der Waals surface area (Å²) in [6.07, 6.45) is 7.10. The molecule has 1 amide bonds. The van der Waals surface area contributed by atoms with Crippen molar-refractivity contribution in [3.63, 3.8) is 0 Å². The molecule has 0 unspecified atom stereocenters. The summed E-state index contributed by atoms with van der Waals surface area (Å²) in [7, 11) is 0. The molecule has 0 spiro atoms. The molecule has 1 saturated heterocycles. The van der Waals surface area contributed by atoms with E-state index in [9.17, 15) is 9.18 Å². The van der Waals surface area contributed by atoms with Gasteiger partial charge in [0.15, 0.2) is 5.13 Å². The van der Waals surface area contributed by atoms with Crippen molar-refractivity contribution in [2.24, 2.45) is 23.2 Å². The number of aromatic nitrogens is 1. The maximum absolute atomic E-state index is 14.2. The number of fused-ring (bicyclic) bond motifs is 1. The van der Waals surface area contributed by atoms with Gasteiger partial charge in [0, 0.05) is 26.2 Å². The highest BCUT2D eigenvalue weighted by Gasteiger charge is 2.56. The second-order valence-electron chi connectivity index (χ2n) is 10.2. The lowest BCUT2D eigenvalue weighted by Crippen LogP contribution is -2.56. The molecule has 5 fully saturated rings. The average molecular weight is 444 g/mol. The molecule has 2 heterocycles. The summed E-state index contributed by atoms with van der Waals surface area (Å²) >= 11 is 1.45. The molecule has 0 N–H and O–H groups in total. The number of hydrogen-bond donors (Lipinski definition) is 0. The molecule has 5 aliphatic rings. The molecule has 1 aliphatic heterocycles. The van der Waals surface area contributed by atoms with Gasteiger partial charge in [0.05, 0.1) is 28.8 Å². The lowest BCUT2D eigenvalue weighted by Gasteiger charge is -2.56. The molecule has 166 valence electrons. The molecule has 1 aromatic carbocycles. The number of ether oxygens (including phenoxy) is 1. The van der Waals surface area contributed by atoms with E-state index in [0.717, 1.165) is 85.2 Å². The molecule has 31 heavy (non-hydrogen) atoms. The smallest absolute Gasteiger partial charge is 0.235 e. The minimum atomic E-state index is -0.255. The Morgan fingerprint density at radius 3 is 2.52 bits per heavy atom. The summed E-state index contributed by atoms with van der Waals surface area (Å²) in [5, 5.41) is 0.731. The average Bonchev–Trinajstić information content (AvgIpc) is 3.16. The fourth-order valence-electron chi connectivity index (χ4n) is 7.01. The fraction of sp³-hybridized carbons (Fsp3) is 0.667. The second kappa shape index (κ2) is 7.78. The molecule has 0 atom stereocenters. The normalized spacial score (nSPS) is 32.6. The highest BCUT2D eigenvalue weighted by molar-refractivity contribution is 7.22. The summed E-state index contributed by atoms with van der Waals surface area (Å²) in [4.78, 5) is 23.3. The highest BCUT2D eigenvalue weighted by atomic mass is 32.1. The van der Waals surface area contributed by atoms with Crippen molar-refractivity contribution < 1.29 is 13.9 Å². The van der Waals surface area contributed by atoms with Crippen molar-refractivity contribution in [1.82, 2.24) is 9.88 Å².